The van der Waals surface area contributed by atoms with Gasteiger partial charge in [-0.25, -0.2) is 0 Å². The van der Waals surface area contributed by atoms with Crippen LogP contribution in [0.1, 0.15) is 17.5 Å². The third-order valence-corrected chi connectivity index (χ3v) is 2.64. The molecule has 1 rings (SSSR count). The predicted molar refractivity (Wildman–Crippen MR) is 72.0 cm³/mol. The normalized spacial score (nSPS) is 10.3. The first-order valence-electron chi connectivity index (χ1n) is 6.04. The number of aliphatic hydroxyl groups excluding tert-OH is 1. The van der Waals surface area contributed by atoms with Crippen molar-refractivity contribution in [3.8, 4) is 11.5 Å². The summed E-state index contributed by atoms with van der Waals surface area (Å²) in [6, 6.07) is 3.75. The third-order valence-electron chi connectivity index (χ3n) is 2.64. The minimum atomic E-state index is 0.165. The lowest BCUT2D eigenvalue weighted by Crippen LogP contribution is -2.16. The molecule has 0 aliphatic heterocycles. The maximum absolute atomic E-state index is 10.00. The van der Waals surface area contributed by atoms with Gasteiger partial charge in [0.15, 0.2) is 11.5 Å². The lowest BCUT2D eigenvalue weighted by Gasteiger charge is -2.12. The first-order valence-corrected chi connectivity index (χ1v) is 6.04. The van der Waals surface area contributed by atoms with Crippen LogP contribution in [0, 0.1) is 0 Å². The highest BCUT2D eigenvalue weighted by molar-refractivity contribution is 5.48. The summed E-state index contributed by atoms with van der Waals surface area (Å²) < 4.78 is 5.15. The average molecular weight is 251 g/mol. The van der Waals surface area contributed by atoms with E-state index >= 15 is 0 Å². The van der Waals surface area contributed by atoms with E-state index in [9.17, 15) is 5.11 Å². The summed E-state index contributed by atoms with van der Waals surface area (Å²) in [7, 11) is 1.54. The van der Waals surface area contributed by atoms with Gasteiger partial charge in [0, 0.05) is 18.7 Å². The Bertz CT molecular complexity index is 391. The van der Waals surface area contributed by atoms with Gasteiger partial charge in [-0.15, -0.1) is 6.58 Å². The van der Waals surface area contributed by atoms with E-state index in [0.717, 1.165) is 17.5 Å². The number of rotatable bonds is 8. The summed E-state index contributed by atoms with van der Waals surface area (Å²) in [5, 5.41) is 21.9. The van der Waals surface area contributed by atoms with Crippen LogP contribution in [-0.4, -0.2) is 30.5 Å². The highest BCUT2D eigenvalue weighted by atomic mass is 16.5. The van der Waals surface area contributed by atoms with Gasteiger partial charge in [-0.3, -0.25) is 0 Å². The molecule has 1 aromatic rings. The molecular formula is C14H21NO3. The number of ether oxygens (including phenoxy) is 1. The summed E-state index contributed by atoms with van der Waals surface area (Å²) in [5.74, 6) is 0.648. The number of hydrogen-bond donors (Lipinski definition) is 3. The maximum atomic E-state index is 10.00. The van der Waals surface area contributed by atoms with Gasteiger partial charge in [-0.2, -0.15) is 0 Å². The molecule has 0 heterocycles. The average Bonchev–Trinajstić information content (AvgIpc) is 2.38. The molecule has 1 aromatic carbocycles. The summed E-state index contributed by atoms with van der Waals surface area (Å²) in [6.45, 7) is 5.13. The molecule has 0 saturated heterocycles. The highest BCUT2D eigenvalue weighted by Gasteiger charge is 2.09. The summed E-state index contributed by atoms with van der Waals surface area (Å²) in [5.41, 5.74) is 1.85. The van der Waals surface area contributed by atoms with Crippen LogP contribution in [0.5, 0.6) is 11.5 Å². The quantitative estimate of drug-likeness (QED) is 0.485. The Labute approximate surface area is 108 Å². The first-order chi connectivity index (χ1) is 8.72. The fourth-order valence-electron chi connectivity index (χ4n) is 1.73. The number of aliphatic hydroxyl groups is 1. The SMILES string of the molecule is C=CCc1cc(CNCCCO)c(O)c(OC)c1. The van der Waals surface area contributed by atoms with Gasteiger partial charge in [0.2, 0.25) is 0 Å². The molecule has 18 heavy (non-hydrogen) atoms. The lowest BCUT2D eigenvalue weighted by molar-refractivity contribution is 0.286. The second-order valence-electron chi connectivity index (χ2n) is 4.05. The number of methoxy groups -OCH3 is 1. The summed E-state index contributed by atoms with van der Waals surface area (Å²) >= 11 is 0. The van der Waals surface area contributed by atoms with Crippen LogP contribution in [-0.2, 0) is 13.0 Å². The molecule has 0 unspecified atom stereocenters. The largest absolute Gasteiger partial charge is 0.504 e. The highest BCUT2D eigenvalue weighted by Crippen LogP contribution is 2.31. The van der Waals surface area contributed by atoms with Crippen molar-refractivity contribution in [3.63, 3.8) is 0 Å². The maximum Gasteiger partial charge on any atom is 0.162 e. The van der Waals surface area contributed by atoms with Crippen molar-refractivity contribution in [2.45, 2.75) is 19.4 Å². The molecule has 4 heteroatoms. The first kappa shape index (κ1) is 14.5. The Morgan fingerprint density at radius 1 is 1.44 bits per heavy atom. The Kier molecular flexibility index (Phi) is 6.25. The Morgan fingerprint density at radius 2 is 2.22 bits per heavy atom. The van der Waals surface area contributed by atoms with Gasteiger partial charge < -0.3 is 20.3 Å². The molecule has 0 aliphatic rings. The molecule has 100 valence electrons. The van der Waals surface area contributed by atoms with Crippen LogP contribution in [0.2, 0.25) is 0 Å². The van der Waals surface area contributed by atoms with Gasteiger partial charge in [0.25, 0.3) is 0 Å². The second-order valence-corrected chi connectivity index (χ2v) is 4.05. The van der Waals surface area contributed by atoms with E-state index in [1.54, 1.807) is 0 Å². The topological polar surface area (TPSA) is 61.7 Å². The standard InChI is InChI=1S/C14H21NO3/c1-3-5-11-8-12(10-15-6-4-7-16)14(17)13(9-11)18-2/h3,8-9,15-17H,1,4-7,10H2,2H3. The second kappa shape index (κ2) is 7.74. The molecular weight excluding hydrogens is 230 g/mol. The van der Waals surface area contributed by atoms with Gasteiger partial charge in [-0.1, -0.05) is 12.1 Å². The third kappa shape index (κ3) is 4.05. The van der Waals surface area contributed by atoms with Gasteiger partial charge in [0.05, 0.1) is 7.11 Å². The van der Waals surface area contributed by atoms with Crippen LogP contribution < -0.4 is 10.1 Å². The van der Waals surface area contributed by atoms with Gasteiger partial charge in [-0.05, 0) is 31.0 Å². The fourth-order valence-corrected chi connectivity index (χ4v) is 1.73. The van der Waals surface area contributed by atoms with Crippen molar-refractivity contribution in [2.24, 2.45) is 0 Å². The van der Waals surface area contributed by atoms with E-state index in [2.05, 4.69) is 11.9 Å². The number of hydrogen-bond acceptors (Lipinski definition) is 4. The predicted octanol–water partition coefficient (Wildman–Crippen LogP) is 1.60. The van der Waals surface area contributed by atoms with Crippen molar-refractivity contribution in [3.05, 3.63) is 35.9 Å². The van der Waals surface area contributed by atoms with Gasteiger partial charge in [0.1, 0.15) is 0 Å². The van der Waals surface area contributed by atoms with E-state index in [1.807, 2.05) is 18.2 Å². The zero-order valence-corrected chi connectivity index (χ0v) is 10.8. The number of allylic oxidation sites excluding steroid dienone is 1. The molecule has 0 fully saturated rings. The van der Waals surface area contributed by atoms with Crippen molar-refractivity contribution in [2.75, 3.05) is 20.3 Å². The van der Waals surface area contributed by atoms with Crippen LogP contribution in [0.3, 0.4) is 0 Å². The number of nitrogens with one attached hydrogen (secondary N) is 1. The van der Waals surface area contributed by atoms with E-state index in [0.29, 0.717) is 25.3 Å². The number of benzene rings is 1. The molecule has 0 amide bonds. The van der Waals surface area contributed by atoms with E-state index in [-0.39, 0.29) is 12.4 Å². The molecule has 0 atom stereocenters. The summed E-state index contributed by atoms with van der Waals surface area (Å²) in [6.07, 6.45) is 3.25. The van der Waals surface area contributed by atoms with Crippen molar-refractivity contribution < 1.29 is 14.9 Å². The monoisotopic (exact) mass is 251 g/mol. The molecule has 3 N–H and O–H groups in total. The Morgan fingerprint density at radius 3 is 2.83 bits per heavy atom. The van der Waals surface area contributed by atoms with Crippen LogP contribution in [0.4, 0.5) is 0 Å². The van der Waals surface area contributed by atoms with Gasteiger partial charge >= 0.3 is 0 Å². The van der Waals surface area contributed by atoms with Crippen LogP contribution >= 0.6 is 0 Å². The minimum absolute atomic E-state index is 0.165. The minimum Gasteiger partial charge on any atom is -0.504 e. The molecule has 0 aliphatic carbocycles. The number of phenols is 1. The fraction of sp³-hybridized carbons (Fsp3) is 0.429. The molecule has 0 spiro atoms. The van der Waals surface area contributed by atoms with E-state index in [4.69, 9.17) is 9.84 Å². The van der Waals surface area contributed by atoms with Crippen LogP contribution in [0.25, 0.3) is 0 Å². The zero-order chi connectivity index (χ0) is 13.4. The number of aromatic hydroxyl groups is 1. The number of phenolic OH excluding ortho intramolecular Hbond substituents is 1. The van der Waals surface area contributed by atoms with Crippen molar-refractivity contribution >= 4 is 0 Å². The molecule has 0 aromatic heterocycles. The zero-order valence-electron chi connectivity index (χ0n) is 10.8. The van der Waals surface area contributed by atoms with Crippen molar-refractivity contribution in [1.29, 1.82) is 0 Å². The van der Waals surface area contributed by atoms with Crippen molar-refractivity contribution in [1.82, 2.24) is 5.32 Å². The smallest absolute Gasteiger partial charge is 0.162 e. The molecule has 0 radical (unpaired) electrons. The lowest BCUT2D eigenvalue weighted by atomic mass is 10.1. The molecule has 0 saturated carbocycles. The van der Waals surface area contributed by atoms with Crippen LogP contribution in [0.15, 0.2) is 24.8 Å². The summed E-state index contributed by atoms with van der Waals surface area (Å²) in [4.78, 5) is 0. The molecule has 4 nitrogen and oxygen atoms in total. The molecule has 0 bridgehead atoms. The van der Waals surface area contributed by atoms with E-state index < -0.39 is 0 Å². The van der Waals surface area contributed by atoms with E-state index in [1.165, 1.54) is 7.11 Å². The Hall–Kier alpha value is -1.52. The Balaban J connectivity index is 2.80.